The Bertz CT molecular complexity index is 458. The highest BCUT2D eigenvalue weighted by Gasteiger charge is 2.33. The van der Waals surface area contributed by atoms with Gasteiger partial charge in [0.25, 0.3) is 0 Å². The first-order valence-electron chi connectivity index (χ1n) is 9.69. The van der Waals surface area contributed by atoms with E-state index in [1.165, 1.54) is 18.6 Å². The van der Waals surface area contributed by atoms with Crippen LogP contribution in [0.4, 0.5) is 0 Å². The number of hydrogen-bond acceptors (Lipinski definition) is 4. The van der Waals surface area contributed by atoms with Gasteiger partial charge in [0, 0.05) is 30.1 Å². The van der Waals surface area contributed by atoms with Gasteiger partial charge in [0.2, 0.25) is 0 Å². The summed E-state index contributed by atoms with van der Waals surface area (Å²) in [6.45, 7) is 3.73. The summed E-state index contributed by atoms with van der Waals surface area (Å²) < 4.78 is 17.5. The summed E-state index contributed by atoms with van der Waals surface area (Å²) in [4.78, 5) is 0. The van der Waals surface area contributed by atoms with Crippen LogP contribution in [0.5, 0.6) is 0 Å². The molecule has 1 aliphatic heterocycles. The lowest BCUT2D eigenvalue weighted by atomic mass is 9.85. The van der Waals surface area contributed by atoms with Gasteiger partial charge in [-0.05, 0) is 63.7 Å². The van der Waals surface area contributed by atoms with Crippen LogP contribution >= 0.6 is 11.6 Å². The fraction of sp³-hybridized carbons (Fsp3) is 0.944. The van der Waals surface area contributed by atoms with Gasteiger partial charge in [0.1, 0.15) is 0 Å². The minimum atomic E-state index is -1.10. The summed E-state index contributed by atoms with van der Waals surface area (Å²) in [5.41, 5.74) is 1.41. The summed E-state index contributed by atoms with van der Waals surface area (Å²) in [5, 5.41) is 7.91. The number of rotatable bonds is 6. The van der Waals surface area contributed by atoms with E-state index < -0.39 is 11.1 Å². The van der Waals surface area contributed by atoms with Gasteiger partial charge >= 0.3 is 0 Å². The van der Waals surface area contributed by atoms with Gasteiger partial charge in [0.05, 0.1) is 11.9 Å². The van der Waals surface area contributed by atoms with E-state index in [1.807, 2.05) is 0 Å². The summed E-state index contributed by atoms with van der Waals surface area (Å²) >= 11 is 5.12. The summed E-state index contributed by atoms with van der Waals surface area (Å²) in [7, 11) is 0. The molecular weight excluding hydrogens is 344 g/mol. The molecule has 3 rings (SSSR count). The standard InChI is InChI=1S/C18H31ClN2O2S/c1-2-13-23-24(22)17-9-7-16(8-10-17)21-12-11-18(20-21)14-3-5-15(19)6-4-14/h14-17H,2-13H2,1H3. The van der Waals surface area contributed by atoms with E-state index in [0.717, 1.165) is 57.9 Å². The molecule has 24 heavy (non-hydrogen) atoms. The lowest BCUT2D eigenvalue weighted by Gasteiger charge is -2.32. The van der Waals surface area contributed by atoms with E-state index >= 15 is 0 Å². The second-order valence-electron chi connectivity index (χ2n) is 7.47. The maximum Gasteiger partial charge on any atom is 0.158 e. The van der Waals surface area contributed by atoms with Gasteiger partial charge in [0.15, 0.2) is 11.1 Å². The molecule has 1 atom stereocenters. The molecule has 0 aromatic rings. The van der Waals surface area contributed by atoms with Crippen LogP contribution < -0.4 is 0 Å². The van der Waals surface area contributed by atoms with Crippen molar-refractivity contribution in [2.75, 3.05) is 13.2 Å². The highest BCUT2D eigenvalue weighted by atomic mass is 35.5. The largest absolute Gasteiger partial charge is 0.294 e. The van der Waals surface area contributed by atoms with Crippen molar-refractivity contribution < 1.29 is 8.39 Å². The van der Waals surface area contributed by atoms with Crippen molar-refractivity contribution >= 4 is 28.4 Å². The van der Waals surface area contributed by atoms with Gasteiger partial charge in [-0.3, -0.25) is 9.19 Å². The van der Waals surface area contributed by atoms with E-state index in [4.69, 9.17) is 20.9 Å². The van der Waals surface area contributed by atoms with Crippen molar-refractivity contribution in [2.24, 2.45) is 11.0 Å². The first-order chi connectivity index (χ1) is 11.7. The first-order valence-corrected chi connectivity index (χ1v) is 11.3. The van der Waals surface area contributed by atoms with Crippen molar-refractivity contribution in [3.8, 4) is 0 Å². The number of hydrazone groups is 1. The normalized spacial score (nSPS) is 35.8. The predicted octanol–water partition coefficient (Wildman–Crippen LogP) is 4.25. The Hall–Kier alpha value is -0.130. The molecule has 0 radical (unpaired) electrons. The maximum atomic E-state index is 12.1. The van der Waals surface area contributed by atoms with Gasteiger partial charge in [-0.15, -0.1) is 11.6 Å². The Kier molecular flexibility index (Phi) is 6.99. The lowest BCUT2D eigenvalue weighted by molar-refractivity contribution is 0.178. The fourth-order valence-corrected chi connectivity index (χ4v) is 5.66. The predicted molar refractivity (Wildman–Crippen MR) is 101 cm³/mol. The molecule has 2 saturated carbocycles. The number of alkyl halides is 1. The zero-order valence-electron chi connectivity index (χ0n) is 14.8. The van der Waals surface area contributed by atoms with E-state index in [1.54, 1.807) is 0 Å². The van der Waals surface area contributed by atoms with Crippen molar-refractivity contribution in [2.45, 2.75) is 87.8 Å². The Morgan fingerprint density at radius 3 is 2.54 bits per heavy atom. The van der Waals surface area contributed by atoms with Crippen LogP contribution in [0.15, 0.2) is 5.10 Å². The molecule has 1 unspecified atom stereocenters. The smallest absolute Gasteiger partial charge is 0.158 e. The molecule has 0 bridgehead atoms. The van der Waals surface area contributed by atoms with E-state index in [-0.39, 0.29) is 5.25 Å². The average molecular weight is 375 g/mol. The molecule has 1 heterocycles. The second kappa shape index (κ2) is 9.00. The van der Waals surface area contributed by atoms with E-state index in [0.29, 0.717) is 23.9 Å². The van der Waals surface area contributed by atoms with Gasteiger partial charge < -0.3 is 0 Å². The lowest BCUT2D eigenvalue weighted by Crippen LogP contribution is -2.36. The van der Waals surface area contributed by atoms with Crippen LogP contribution in [-0.2, 0) is 15.3 Å². The topological polar surface area (TPSA) is 41.9 Å². The van der Waals surface area contributed by atoms with Crippen LogP contribution in [0.1, 0.15) is 71.1 Å². The quantitative estimate of drug-likeness (QED) is 0.653. The minimum Gasteiger partial charge on any atom is -0.294 e. The minimum absolute atomic E-state index is 0.220. The van der Waals surface area contributed by atoms with Crippen LogP contribution in [0, 0.1) is 5.92 Å². The van der Waals surface area contributed by atoms with Gasteiger partial charge in [-0.2, -0.15) is 5.10 Å². The van der Waals surface area contributed by atoms with Crippen LogP contribution in [0.25, 0.3) is 0 Å². The molecule has 0 amide bonds. The highest BCUT2D eigenvalue weighted by molar-refractivity contribution is 7.80. The third-order valence-electron chi connectivity index (χ3n) is 5.72. The van der Waals surface area contributed by atoms with Gasteiger partial charge in [-0.1, -0.05) is 6.92 Å². The first kappa shape index (κ1) is 18.7. The molecule has 3 aliphatic rings. The molecular formula is C18H31ClN2O2S. The summed E-state index contributed by atoms with van der Waals surface area (Å²) in [5.74, 6) is 0.663. The van der Waals surface area contributed by atoms with E-state index in [9.17, 15) is 4.21 Å². The molecule has 6 heteroatoms. The zero-order valence-corrected chi connectivity index (χ0v) is 16.4. The third-order valence-corrected chi connectivity index (χ3v) is 7.57. The Morgan fingerprint density at radius 2 is 1.88 bits per heavy atom. The second-order valence-corrected chi connectivity index (χ2v) is 9.51. The average Bonchev–Trinajstić information content (AvgIpc) is 3.10. The molecule has 0 spiro atoms. The Morgan fingerprint density at radius 1 is 1.17 bits per heavy atom. The van der Waals surface area contributed by atoms with Crippen molar-refractivity contribution in [1.82, 2.24) is 5.01 Å². The molecule has 2 fully saturated rings. The zero-order chi connectivity index (χ0) is 16.9. The summed E-state index contributed by atoms with van der Waals surface area (Å²) in [6, 6.07) is 0.534. The molecule has 2 aliphatic carbocycles. The number of halogens is 1. The third kappa shape index (κ3) is 4.73. The van der Waals surface area contributed by atoms with Crippen molar-refractivity contribution in [3.63, 3.8) is 0 Å². The monoisotopic (exact) mass is 374 g/mol. The summed E-state index contributed by atoms with van der Waals surface area (Å²) in [6.07, 6.45) is 10.9. The van der Waals surface area contributed by atoms with Crippen LogP contribution in [-0.4, -0.2) is 44.8 Å². The Labute approximate surface area is 154 Å². The molecule has 0 aromatic heterocycles. The van der Waals surface area contributed by atoms with Crippen LogP contribution in [0.2, 0.25) is 0 Å². The Balaban J connectivity index is 1.46. The van der Waals surface area contributed by atoms with E-state index in [2.05, 4.69) is 11.9 Å². The molecule has 138 valence electrons. The van der Waals surface area contributed by atoms with Crippen LogP contribution in [0.3, 0.4) is 0 Å². The maximum absolute atomic E-state index is 12.1. The number of nitrogens with zero attached hydrogens (tertiary/aromatic N) is 2. The highest BCUT2D eigenvalue weighted by Crippen LogP contribution is 2.33. The number of hydrogen-bond donors (Lipinski definition) is 0. The molecule has 0 saturated heterocycles. The molecule has 0 aromatic carbocycles. The fourth-order valence-electron chi connectivity index (χ4n) is 4.23. The van der Waals surface area contributed by atoms with Gasteiger partial charge in [-0.25, -0.2) is 4.21 Å². The van der Waals surface area contributed by atoms with Crippen molar-refractivity contribution in [3.05, 3.63) is 0 Å². The molecule has 0 N–H and O–H groups in total. The van der Waals surface area contributed by atoms with Crippen molar-refractivity contribution in [1.29, 1.82) is 0 Å². The SMILES string of the molecule is CCCOS(=O)C1CCC(N2CCC(C3CCC(Cl)CC3)=N2)CC1. The molecule has 4 nitrogen and oxygen atoms in total.